The smallest absolute Gasteiger partial charge is 0.410 e. The molecule has 1 atom stereocenters. The zero-order valence-electron chi connectivity index (χ0n) is 26.0. The molecule has 4 rings (SSSR count). The van der Waals surface area contributed by atoms with Crippen molar-refractivity contribution >= 4 is 23.0 Å². The summed E-state index contributed by atoms with van der Waals surface area (Å²) < 4.78 is 11.2. The molecule has 0 aliphatic carbocycles. The second-order valence-electron chi connectivity index (χ2n) is 13.1. The van der Waals surface area contributed by atoms with Gasteiger partial charge in [-0.05, 0) is 89.9 Å². The summed E-state index contributed by atoms with van der Waals surface area (Å²) in [5.74, 6) is 0. The van der Waals surface area contributed by atoms with Gasteiger partial charge in [-0.3, -0.25) is 14.8 Å². The summed E-state index contributed by atoms with van der Waals surface area (Å²) in [6.45, 7) is 14.5. The first-order valence-electron chi connectivity index (χ1n) is 15.0. The lowest BCUT2D eigenvalue weighted by Crippen LogP contribution is -2.51. The van der Waals surface area contributed by atoms with E-state index in [-0.39, 0.29) is 12.1 Å². The average molecular weight is 575 g/mol. The highest BCUT2D eigenvalue weighted by Crippen LogP contribution is 2.27. The molecule has 1 N–H and O–H groups in total. The highest BCUT2D eigenvalue weighted by atomic mass is 16.6. The molecule has 0 saturated heterocycles. The van der Waals surface area contributed by atoms with Crippen LogP contribution in [0.1, 0.15) is 71.2 Å². The van der Waals surface area contributed by atoms with E-state index in [0.29, 0.717) is 26.2 Å². The van der Waals surface area contributed by atoms with E-state index in [1.54, 1.807) is 0 Å². The maximum absolute atomic E-state index is 13.4. The van der Waals surface area contributed by atoms with Crippen molar-refractivity contribution in [3.05, 3.63) is 77.6 Å². The minimum atomic E-state index is -0.577. The fourth-order valence-corrected chi connectivity index (χ4v) is 5.30. The van der Waals surface area contributed by atoms with E-state index in [1.807, 2.05) is 76.9 Å². The minimum absolute atomic E-state index is 0.0513. The maximum Gasteiger partial charge on any atom is 0.410 e. The van der Waals surface area contributed by atoms with Gasteiger partial charge in [0.15, 0.2) is 0 Å². The highest BCUT2D eigenvalue weighted by Gasteiger charge is 2.34. The highest BCUT2D eigenvalue weighted by molar-refractivity contribution is 5.84. The molecule has 2 aromatic carbocycles. The zero-order chi connectivity index (χ0) is 30.3. The van der Waals surface area contributed by atoms with Gasteiger partial charge < -0.3 is 14.8 Å². The van der Waals surface area contributed by atoms with E-state index in [4.69, 9.17) is 14.5 Å². The van der Waals surface area contributed by atoms with E-state index < -0.39 is 17.3 Å². The Morgan fingerprint density at radius 2 is 1.62 bits per heavy atom. The van der Waals surface area contributed by atoms with Crippen LogP contribution in [0.15, 0.2) is 60.8 Å². The first kappa shape index (κ1) is 31.3. The summed E-state index contributed by atoms with van der Waals surface area (Å²) in [7, 11) is 0. The Bertz CT molecular complexity index is 1360. The van der Waals surface area contributed by atoms with Gasteiger partial charge in [0.25, 0.3) is 0 Å². The lowest BCUT2D eigenvalue weighted by molar-refractivity contribution is 0.00709. The fourth-order valence-electron chi connectivity index (χ4n) is 5.30. The van der Waals surface area contributed by atoms with Gasteiger partial charge in [-0.15, -0.1) is 0 Å². The van der Waals surface area contributed by atoms with Crippen LogP contribution in [-0.2, 0) is 29.0 Å². The number of fused-ring (bicyclic) bond motifs is 2. The number of ether oxygens (including phenoxy) is 2. The third-order valence-corrected chi connectivity index (χ3v) is 7.15. The van der Waals surface area contributed by atoms with Crippen LogP contribution in [0.25, 0.3) is 10.8 Å². The minimum Gasteiger partial charge on any atom is -0.444 e. The molecule has 226 valence electrons. The second kappa shape index (κ2) is 13.6. The first-order valence-corrected chi connectivity index (χ1v) is 15.0. The molecule has 0 radical (unpaired) electrons. The van der Waals surface area contributed by atoms with Crippen molar-refractivity contribution < 1.29 is 19.1 Å². The molecule has 3 aromatic rings. The Labute approximate surface area is 250 Å². The third-order valence-electron chi connectivity index (χ3n) is 7.15. The molecular formula is C34H46N4O4. The Balaban J connectivity index is 1.51. The van der Waals surface area contributed by atoms with Crippen molar-refractivity contribution in [1.82, 2.24) is 20.1 Å². The third kappa shape index (κ3) is 9.18. The summed E-state index contributed by atoms with van der Waals surface area (Å²) in [6.07, 6.45) is 3.62. The van der Waals surface area contributed by atoms with Gasteiger partial charge >= 0.3 is 12.2 Å². The zero-order valence-corrected chi connectivity index (χ0v) is 26.0. The molecule has 0 unspecified atom stereocenters. The lowest BCUT2D eigenvalue weighted by Gasteiger charge is -2.40. The predicted octanol–water partition coefficient (Wildman–Crippen LogP) is 6.70. The molecule has 1 aliphatic rings. The molecule has 0 saturated carbocycles. The van der Waals surface area contributed by atoms with Crippen molar-refractivity contribution in [2.75, 3.05) is 19.6 Å². The van der Waals surface area contributed by atoms with Crippen LogP contribution < -0.4 is 5.32 Å². The quantitative estimate of drug-likeness (QED) is 0.286. The number of alkyl carbamates (subject to hydrolysis) is 1. The fraction of sp³-hybridized carbons (Fsp3) is 0.500. The van der Waals surface area contributed by atoms with Crippen molar-refractivity contribution in [3.8, 4) is 0 Å². The molecule has 0 spiro atoms. The number of hydrogen-bond acceptors (Lipinski definition) is 6. The van der Waals surface area contributed by atoms with Crippen LogP contribution in [0, 0.1) is 0 Å². The van der Waals surface area contributed by atoms with Crippen molar-refractivity contribution in [2.24, 2.45) is 0 Å². The van der Waals surface area contributed by atoms with Crippen LogP contribution in [-0.4, -0.2) is 63.8 Å². The number of amides is 2. The molecule has 8 nitrogen and oxygen atoms in total. The van der Waals surface area contributed by atoms with E-state index in [9.17, 15) is 9.59 Å². The molecule has 0 bridgehead atoms. The van der Waals surface area contributed by atoms with Crippen molar-refractivity contribution in [2.45, 2.75) is 91.1 Å². The number of rotatable bonds is 9. The van der Waals surface area contributed by atoms with Gasteiger partial charge in [0.2, 0.25) is 0 Å². The molecule has 1 aliphatic heterocycles. The van der Waals surface area contributed by atoms with Crippen LogP contribution in [0.4, 0.5) is 9.59 Å². The number of nitrogens with one attached hydrogen (secondary N) is 1. The van der Waals surface area contributed by atoms with Crippen LogP contribution in [0.5, 0.6) is 0 Å². The van der Waals surface area contributed by atoms with Gasteiger partial charge in [0.05, 0.1) is 11.7 Å². The molecule has 42 heavy (non-hydrogen) atoms. The molecule has 0 fully saturated rings. The number of pyridine rings is 1. The molecule has 2 amide bonds. The average Bonchev–Trinajstić information content (AvgIpc) is 2.90. The van der Waals surface area contributed by atoms with Crippen LogP contribution in [0.3, 0.4) is 0 Å². The number of carbonyl (C=O) groups is 2. The van der Waals surface area contributed by atoms with Gasteiger partial charge in [-0.25, -0.2) is 9.59 Å². The summed E-state index contributed by atoms with van der Waals surface area (Å²) in [4.78, 5) is 34.6. The molecule has 8 heteroatoms. The number of carbonyl (C=O) groups excluding carboxylic acids is 2. The summed E-state index contributed by atoms with van der Waals surface area (Å²) in [5, 5.41) is 5.15. The monoisotopic (exact) mass is 574 g/mol. The standard InChI is InChI=1S/C34H46N4O4/c1-33(2,3)41-31(39)36-18-11-12-20-37(24-30-29-16-10-9-13-25(29)17-19-35-30)23-28-21-26-14-7-8-15-27(26)22-38(28)32(40)42-34(4,5)6/h7-10,13-17,19,28H,11-12,18,20-24H2,1-6H3,(H,36,39)/t28-/m1/s1. The number of nitrogens with zero attached hydrogens (tertiary/aromatic N) is 3. The summed E-state index contributed by atoms with van der Waals surface area (Å²) in [5.41, 5.74) is 2.35. The Morgan fingerprint density at radius 3 is 2.36 bits per heavy atom. The van der Waals surface area contributed by atoms with Crippen LogP contribution >= 0.6 is 0 Å². The second-order valence-corrected chi connectivity index (χ2v) is 13.1. The molecule has 2 heterocycles. The van der Waals surface area contributed by atoms with E-state index >= 15 is 0 Å². The summed E-state index contributed by atoms with van der Waals surface area (Å²) in [6, 6.07) is 18.6. The lowest BCUT2D eigenvalue weighted by atomic mass is 9.93. The normalized spacial score (nSPS) is 15.4. The first-order chi connectivity index (χ1) is 19.9. The maximum atomic E-state index is 13.4. The Morgan fingerprint density at radius 1 is 0.929 bits per heavy atom. The van der Waals surface area contributed by atoms with Gasteiger partial charge in [-0.1, -0.05) is 48.5 Å². The number of benzene rings is 2. The van der Waals surface area contributed by atoms with E-state index in [0.717, 1.165) is 47.8 Å². The Kier molecular flexibility index (Phi) is 10.1. The van der Waals surface area contributed by atoms with Gasteiger partial charge in [0, 0.05) is 37.8 Å². The number of hydrogen-bond donors (Lipinski definition) is 1. The van der Waals surface area contributed by atoms with Crippen molar-refractivity contribution in [1.29, 1.82) is 0 Å². The SMILES string of the molecule is CC(C)(C)OC(=O)NCCCCN(Cc1nccc2ccccc12)C[C@H]1Cc2ccccc2CN1C(=O)OC(C)(C)C. The van der Waals surface area contributed by atoms with Crippen molar-refractivity contribution in [3.63, 3.8) is 0 Å². The van der Waals surface area contributed by atoms with Gasteiger partial charge in [0.1, 0.15) is 11.2 Å². The van der Waals surface area contributed by atoms with E-state index in [2.05, 4.69) is 40.5 Å². The predicted molar refractivity (Wildman–Crippen MR) is 166 cm³/mol. The molecular weight excluding hydrogens is 528 g/mol. The summed E-state index contributed by atoms with van der Waals surface area (Å²) >= 11 is 0. The van der Waals surface area contributed by atoms with E-state index in [1.165, 1.54) is 5.56 Å². The van der Waals surface area contributed by atoms with Gasteiger partial charge in [-0.2, -0.15) is 0 Å². The van der Waals surface area contributed by atoms with Crippen LogP contribution in [0.2, 0.25) is 0 Å². The number of unbranched alkanes of at least 4 members (excludes halogenated alkanes) is 1. The topological polar surface area (TPSA) is 84.0 Å². The number of aromatic nitrogens is 1. The largest absolute Gasteiger partial charge is 0.444 e. The Hall–Kier alpha value is -3.65. The molecule has 1 aromatic heterocycles.